The number of allylic oxidation sites excluding steroid dienone is 1. The lowest BCUT2D eigenvalue weighted by Gasteiger charge is -2.18. The van der Waals surface area contributed by atoms with Crippen LogP contribution in [-0.2, 0) is 0 Å². The SMILES string of the molecule is CCCCCCCCCCCCCC1=C(C)N(C(=O)c2ccccc2)CC1. The first-order chi connectivity index (χ1) is 13.2. The fourth-order valence-electron chi connectivity index (χ4n) is 4.09. The molecule has 0 aromatic heterocycles. The van der Waals surface area contributed by atoms with Crippen LogP contribution in [0.2, 0.25) is 0 Å². The van der Waals surface area contributed by atoms with Gasteiger partial charge < -0.3 is 4.90 Å². The number of hydrogen-bond donors (Lipinski definition) is 0. The van der Waals surface area contributed by atoms with Crippen molar-refractivity contribution >= 4 is 5.91 Å². The first kappa shape index (κ1) is 21.7. The molecule has 0 fully saturated rings. The number of carbonyl (C=O) groups excluding carboxylic acids is 1. The Balaban J connectivity index is 1.58. The molecule has 1 aliphatic rings. The summed E-state index contributed by atoms with van der Waals surface area (Å²) in [4.78, 5) is 14.6. The molecule has 0 atom stereocenters. The second-order valence-electron chi connectivity index (χ2n) is 8.05. The van der Waals surface area contributed by atoms with E-state index in [0.29, 0.717) is 0 Å². The monoisotopic (exact) mass is 369 g/mol. The molecule has 1 aromatic rings. The largest absolute Gasteiger partial charge is 0.312 e. The van der Waals surface area contributed by atoms with Gasteiger partial charge in [0.05, 0.1) is 0 Å². The molecule has 1 heterocycles. The zero-order valence-corrected chi connectivity index (χ0v) is 17.6. The van der Waals surface area contributed by atoms with E-state index in [4.69, 9.17) is 0 Å². The molecule has 0 spiro atoms. The van der Waals surface area contributed by atoms with Crippen molar-refractivity contribution in [2.45, 2.75) is 97.3 Å². The highest BCUT2D eigenvalue weighted by Gasteiger charge is 2.24. The summed E-state index contributed by atoms with van der Waals surface area (Å²) in [6, 6.07) is 9.67. The van der Waals surface area contributed by atoms with Gasteiger partial charge in [0.2, 0.25) is 0 Å². The van der Waals surface area contributed by atoms with E-state index in [-0.39, 0.29) is 5.91 Å². The van der Waals surface area contributed by atoms with Crippen LogP contribution in [0.25, 0.3) is 0 Å². The molecule has 0 radical (unpaired) electrons. The maximum atomic E-state index is 12.7. The van der Waals surface area contributed by atoms with E-state index in [2.05, 4.69) is 13.8 Å². The van der Waals surface area contributed by atoms with Crippen LogP contribution in [-0.4, -0.2) is 17.4 Å². The molecule has 0 N–H and O–H groups in total. The summed E-state index contributed by atoms with van der Waals surface area (Å²) in [5.74, 6) is 0.155. The molecule has 0 saturated carbocycles. The third kappa shape index (κ3) is 7.52. The Kier molecular flexibility index (Phi) is 10.3. The fourth-order valence-corrected chi connectivity index (χ4v) is 4.09. The van der Waals surface area contributed by atoms with E-state index in [1.807, 2.05) is 35.2 Å². The second kappa shape index (κ2) is 12.8. The molecule has 0 saturated heterocycles. The zero-order chi connectivity index (χ0) is 19.3. The van der Waals surface area contributed by atoms with Crippen LogP contribution in [0, 0.1) is 0 Å². The molecule has 27 heavy (non-hydrogen) atoms. The van der Waals surface area contributed by atoms with Crippen molar-refractivity contribution in [1.29, 1.82) is 0 Å². The fraction of sp³-hybridized carbons (Fsp3) is 0.640. The highest BCUT2D eigenvalue weighted by Crippen LogP contribution is 2.28. The van der Waals surface area contributed by atoms with E-state index >= 15 is 0 Å². The number of rotatable bonds is 13. The minimum absolute atomic E-state index is 0.155. The van der Waals surface area contributed by atoms with Crippen LogP contribution in [0.3, 0.4) is 0 Å². The quantitative estimate of drug-likeness (QED) is 0.329. The molecule has 0 bridgehead atoms. The van der Waals surface area contributed by atoms with Gasteiger partial charge in [-0.3, -0.25) is 4.79 Å². The zero-order valence-electron chi connectivity index (χ0n) is 17.6. The summed E-state index contributed by atoms with van der Waals surface area (Å²) in [6.07, 6.45) is 17.5. The highest BCUT2D eigenvalue weighted by atomic mass is 16.2. The summed E-state index contributed by atoms with van der Waals surface area (Å²) in [5, 5.41) is 0. The predicted molar refractivity (Wildman–Crippen MR) is 116 cm³/mol. The number of unbranched alkanes of at least 4 members (excludes halogenated alkanes) is 10. The van der Waals surface area contributed by atoms with Crippen LogP contribution in [0.5, 0.6) is 0 Å². The van der Waals surface area contributed by atoms with Crippen molar-refractivity contribution in [2.24, 2.45) is 0 Å². The Morgan fingerprint density at radius 3 is 2.00 bits per heavy atom. The Labute approximate surface area is 167 Å². The molecule has 1 aliphatic heterocycles. The van der Waals surface area contributed by atoms with Crippen LogP contribution >= 0.6 is 0 Å². The lowest BCUT2D eigenvalue weighted by molar-refractivity contribution is 0.0819. The molecule has 0 aliphatic carbocycles. The molecule has 1 aromatic carbocycles. The van der Waals surface area contributed by atoms with Gasteiger partial charge in [0, 0.05) is 17.8 Å². The average molecular weight is 370 g/mol. The van der Waals surface area contributed by atoms with Gasteiger partial charge in [-0.25, -0.2) is 0 Å². The molecular formula is C25H39NO. The lowest BCUT2D eigenvalue weighted by atomic mass is 10.0. The number of benzene rings is 1. The maximum absolute atomic E-state index is 12.7. The van der Waals surface area contributed by atoms with Crippen molar-refractivity contribution < 1.29 is 4.79 Å². The third-order valence-corrected chi connectivity index (χ3v) is 5.90. The van der Waals surface area contributed by atoms with Gasteiger partial charge in [0.25, 0.3) is 5.91 Å². The Morgan fingerprint density at radius 2 is 1.41 bits per heavy atom. The number of amides is 1. The Morgan fingerprint density at radius 1 is 0.852 bits per heavy atom. The van der Waals surface area contributed by atoms with Crippen LogP contribution in [0.4, 0.5) is 0 Å². The normalized spacial score (nSPS) is 14.2. The first-order valence-corrected chi connectivity index (χ1v) is 11.3. The first-order valence-electron chi connectivity index (χ1n) is 11.3. The number of carbonyl (C=O) groups is 1. The lowest BCUT2D eigenvalue weighted by Crippen LogP contribution is -2.26. The minimum atomic E-state index is 0.155. The van der Waals surface area contributed by atoms with Gasteiger partial charge in [0.1, 0.15) is 0 Å². The van der Waals surface area contributed by atoms with Crippen LogP contribution < -0.4 is 0 Å². The minimum Gasteiger partial charge on any atom is -0.312 e. The van der Waals surface area contributed by atoms with E-state index in [9.17, 15) is 4.79 Å². The van der Waals surface area contributed by atoms with Gasteiger partial charge in [-0.2, -0.15) is 0 Å². The van der Waals surface area contributed by atoms with Crippen molar-refractivity contribution in [1.82, 2.24) is 4.90 Å². The van der Waals surface area contributed by atoms with Gasteiger partial charge in [-0.05, 0) is 43.9 Å². The summed E-state index contributed by atoms with van der Waals surface area (Å²) in [5.41, 5.74) is 3.50. The van der Waals surface area contributed by atoms with E-state index < -0.39 is 0 Å². The molecule has 2 rings (SSSR count). The smallest absolute Gasteiger partial charge is 0.258 e. The van der Waals surface area contributed by atoms with Crippen LogP contribution in [0.1, 0.15) is 108 Å². The summed E-state index contributed by atoms with van der Waals surface area (Å²) in [6.45, 7) is 5.26. The van der Waals surface area contributed by atoms with Gasteiger partial charge in [-0.1, -0.05) is 89.3 Å². The molecule has 2 nitrogen and oxygen atoms in total. The van der Waals surface area contributed by atoms with Crippen molar-refractivity contribution in [3.05, 3.63) is 47.2 Å². The van der Waals surface area contributed by atoms with Gasteiger partial charge in [-0.15, -0.1) is 0 Å². The van der Waals surface area contributed by atoms with E-state index in [1.54, 1.807) is 0 Å². The number of hydrogen-bond acceptors (Lipinski definition) is 1. The van der Waals surface area contributed by atoms with Crippen molar-refractivity contribution in [3.8, 4) is 0 Å². The van der Waals surface area contributed by atoms with E-state index in [1.165, 1.54) is 88.3 Å². The van der Waals surface area contributed by atoms with E-state index in [0.717, 1.165) is 18.5 Å². The van der Waals surface area contributed by atoms with Crippen molar-refractivity contribution in [3.63, 3.8) is 0 Å². The molecular weight excluding hydrogens is 330 g/mol. The topological polar surface area (TPSA) is 20.3 Å². The van der Waals surface area contributed by atoms with Crippen molar-refractivity contribution in [2.75, 3.05) is 6.54 Å². The van der Waals surface area contributed by atoms with Crippen LogP contribution in [0.15, 0.2) is 41.6 Å². The summed E-state index contributed by atoms with van der Waals surface area (Å²) >= 11 is 0. The third-order valence-electron chi connectivity index (χ3n) is 5.90. The Bertz CT molecular complexity index is 575. The number of nitrogens with zero attached hydrogens (tertiary/aromatic N) is 1. The van der Waals surface area contributed by atoms with Gasteiger partial charge >= 0.3 is 0 Å². The molecule has 150 valence electrons. The summed E-state index contributed by atoms with van der Waals surface area (Å²) < 4.78 is 0. The van der Waals surface area contributed by atoms with Gasteiger partial charge in [0.15, 0.2) is 0 Å². The molecule has 0 unspecified atom stereocenters. The summed E-state index contributed by atoms with van der Waals surface area (Å²) in [7, 11) is 0. The average Bonchev–Trinajstić information content (AvgIpc) is 3.06. The second-order valence-corrected chi connectivity index (χ2v) is 8.05. The predicted octanol–water partition coefficient (Wildman–Crippen LogP) is 7.51. The highest BCUT2D eigenvalue weighted by molar-refractivity contribution is 5.95. The molecule has 2 heteroatoms. The standard InChI is InChI=1S/C25H39NO/c1-3-4-5-6-7-8-9-10-11-12-14-17-23-20-21-26(22(23)2)25(27)24-18-15-13-16-19-24/h13,15-16,18-19H,3-12,14,17,20-21H2,1-2H3. The maximum Gasteiger partial charge on any atom is 0.258 e. The molecule has 1 amide bonds. The Hall–Kier alpha value is -1.57.